The molecule has 3 saturated heterocycles. The Kier molecular flexibility index (Phi) is 11.3. The van der Waals surface area contributed by atoms with Gasteiger partial charge in [-0.1, -0.05) is 23.2 Å². The topological polar surface area (TPSA) is 169 Å². The van der Waals surface area contributed by atoms with Crippen molar-refractivity contribution in [2.24, 2.45) is 5.92 Å². The molecule has 0 aromatic heterocycles. The van der Waals surface area contributed by atoms with Gasteiger partial charge in [-0.2, -0.15) is 25.9 Å². The molecule has 20 heteroatoms. The summed E-state index contributed by atoms with van der Waals surface area (Å²) in [6, 6.07) is 10.4. The number of fused-ring (bicyclic) bond motifs is 1. The molecule has 3 aromatic rings. The molecular weight excluding hydrogens is 814 g/mol. The predicted octanol–water partition coefficient (Wildman–Crippen LogP) is 4.86. The number of amides is 5. The number of carbonyl (C=O) groups is 5. The summed E-state index contributed by atoms with van der Waals surface area (Å²) in [7, 11) is -4.12. The zero-order valence-electron chi connectivity index (χ0n) is 30.1. The lowest BCUT2D eigenvalue weighted by molar-refractivity contribution is -0.138. The first-order chi connectivity index (χ1) is 27.0. The van der Waals surface area contributed by atoms with E-state index in [2.05, 4.69) is 25.2 Å². The number of hydrogen-bond donors (Lipinski definition) is 3. The van der Waals surface area contributed by atoms with Crippen molar-refractivity contribution in [3.63, 3.8) is 0 Å². The number of anilines is 3. The van der Waals surface area contributed by atoms with Crippen molar-refractivity contribution in [2.75, 3.05) is 60.8 Å². The van der Waals surface area contributed by atoms with Crippen LogP contribution in [0.25, 0.3) is 0 Å². The van der Waals surface area contributed by atoms with Crippen LogP contribution in [0.3, 0.4) is 0 Å². The first-order valence-electron chi connectivity index (χ1n) is 18.1. The van der Waals surface area contributed by atoms with Gasteiger partial charge in [0.2, 0.25) is 11.8 Å². The number of benzene rings is 3. The van der Waals surface area contributed by atoms with Crippen molar-refractivity contribution >= 4 is 80.0 Å². The summed E-state index contributed by atoms with van der Waals surface area (Å²) in [5.41, 5.74) is -0.130. The molecule has 0 saturated carbocycles. The van der Waals surface area contributed by atoms with Gasteiger partial charge in [-0.15, -0.1) is 0 Å². The van der Waals surface area contributed by atoms with E-state index in [9.17, 15) is 45.6 Å². The third-order valence-electron chi connectivity index (χ3n) is 10.6. The van der Waals surface area contributed by atoms with Gasteiger partial charge >= 0.3 is 16.4 Å². The van der Waals surface area contributed by atoms with Gasteiger partial charge in [0, 0.05) is 62.9 Å². The van der Waals surface area contributed by atoms with Crippen LogP contribution in [0.5, 0.6) is 0 Å². The molecular formula is C37H36Cl2F3N7O7S. The predicted molar refractivity (Wildman–Crippen MR) is 204 cm³/mol. The lowest BCUT2D eigenvalue weighted by Gasteiger charge is -2.39. The lowest BCUT2D eigenvalue weighted by Crippen LogP contribution is -2.54. The van der Waals surface area contributed by atoms with Crippen molar-refractivity contribution in [2.45, 2.75) is 37.9 Å². The van der Waals surface area contributed by atoms with Crippen LogP contribution in [-0.2, 0) is 26.0 Å². The molecule has 14 nitrogen and oxygen atoms in total. The highest BCUT2D eigenvalue weighted by Gasteiger charge is 2.45. The van der Waals surface area contributed by atoms with E-state index in [-0.39, 0.29) is 70.0 Å². The molecule has 302 valence electrons. The Bertz CT molecular complexity index is 2260. The van der Waals surface area contributed by atoms with Gasteiger partial charge < -0.3 is 10.2 Å². The zero-order valence-corrected chi connectivity index (χ0v) is 32.4. The third-order valence-corrected chi connectivity index (χ3v) is 12.7. The second-order valence-corrected chi connectivity index (χ2v) is 16.8. The Morgan fingerprint density at radius 2 is 1.51 bits per heavy atom. The first kappa shape index (κ1) is 40.4. The van der Waals surface area contributed by atoms with E-state index in [0.29, 0.717) is 45.1 Å². The average molecular weight is 851 g/mol. The van der Waals surface area contributed by atoms with Crippen LogP contribution in [0.4, 0.5) is 30.2 Å². The fourth-order valence-corrected chi connectivity index (χ4v) is 9.20. The Morgan fingerprint density at radius 3 is 2.18 bits per heavy atom. The minimum atomic E-state index is -4.64. The summed E-state index contributed by atoms with van der Waals surface area (Å²) >= 11 is 12.1. The molecule has 5 amide bonds. The van der Waals surface area contributed by atoms with Gasteiger partial charge in [0.15, 0.2) is 0 Å². The van der Waals surface area contributed by atoms with Gasteiger partial charge in [0.05, 0.1) is 38.7 Å². The number of nitrogens with one attached hydrogen (secondary N) is 3. The molecule has 1 unspecified atom stereocenters. The molecule has 0 bridgehead atoms. The molecule has 3 N–H and O–H groups in total. The number of alkyl halides is 3. The molecule has 3 fully saturated rings. The maximum Gasteiger partial charge on any atom is 0.416 e. The van der Waals surface area contributed by atoms with Gasteiger partial charge in [-0.3, -0.25) is 43.8 Å². The smallest absolute Gasteiger partial charge is 0.369 e. The van der Waals surface area contributed by atoms with Crippen LogP contribution in [0.1, 0.15) is 62.3 Å². The molecule has 4 aliphatic rings. The van der Waals surface area contributed by atoms with Gasteiger partial charge in [0.1, 0.15) is 6.04 Å². The number of piperidine rings is 2. The number of halogens is 5. The van der Waals surface area contributed by atoms with Crippen LogP contribution < -0.4 is 20.3 Å². The van der Waals surface area contributed by atoms with Crippen LogP contribution in [0, 0.1) is 5.92 Å². The number of hydrogen-bond acceptors (Lipinski definition) is 9. The largest absolute Gasteiger partial charge is 0.416 e. The third kappa shape index (κ3) is 8.60. The molecule has 1 atom stereocenters. The molecule has 4 heterocycles. The van der Waals surface area contributed by atoms with E-state index >= 15 is 0 Å². The minimum Gasteiger partial charge on any atom is -0.369 e. The fraction of sp³-hybridized carbons (Fsp3) is 0.378. The second kappa shape index (κ2) is 15.9. The maximum absolute atomic E-state index is 13.5. The van der Waals surface area contributed by atoms with E-state index in [1.165, 1.54) is 22.5 Å². The monoisotopic (exact) mass is 849 g/mol. The summed E-state index contributed by atoms with van der Waals surface area (Å²) in [6.07, 6.45) is -3.34. The number of nitrogens with zero attached hydrogens (tertiary/aromatic N) is 4. The Hall–Kier alpha value is -4.75. The van der Waals surface area contributed by atoms with E-state index in [4.69, 9.17) is 23.2 Å². The molecule has 0 aliphatic carbocycles. The van der Waals surface area contributed by atoms with E-state index in [1.54, 1.807) is 18.2 Å². The molecule has 57 heavy (non-hydrogen) atoms. The standard InChI is InChI=1S/C37H36Cl2F3N7O7S/c38-23-2-6-29(27(18-23)33(51)43-30-5-1-22(17-28(30)39)37(40,41)42)45-57(55,56)48-11-9-21(10-12-48)20-46-13-15-47(16-14-46)24-3-4-25-26(19-24)36(54)49(35(25)53)31-7-8-32(50)44-34(31)52/h1-6,17-19,21,31,45H,7-16,20H2,(H,43,51)(H,44,50,52). The Balaban J connectivity index is 0.909. The van der Waals surface area contributed by atoms with Gasteiger partial charge in [-0.25, -0.2) is 0 Å². The Morgan fingerprint density at radius 1 is 0.825 bits per heavy atom. The highest BCUT2D eigenvalue weighted by Crippen LogP contribution is 2.35. The van der Waals surface area contributed by atoms with Crippen LogP contribution in [0.15, 0.2) is 54.6 Å². The minimum absolute atomic E-state index is 0.0408. The fourth-order valence-electron chi connectivity index (χ4n) is 7.52. The quantitative estimate of drug-likeness (QED) is 0.255. The average Bonchev–Trinajstić information content (AvgIpc) is 3.41. The summed E-state index contributed by atoms with van der Waals surface area (Å²) in [5, 5.41) is 4.39. The number of piperazine rings is 1. The van der Waals surface area contributed by atoms with E-state index in [0.717, 1.165) is 29.3 Å². The highest BCUT2D eigenvalue weighted by molar-refractivity contribution is 7.90. The van der Waals surface area contributed by atoms with Crippen molar-refractivity contribution in [1.29, 1.82) is 0 Å². The normalized spacial score (nSPS) is 20.1. The SMILES string of the molecule is O=C1CCC(N2C(=O)c3ccc(N4CCN(CC5CCN(S(=O)(=O)Nc6ccc(Cl)cc6C(=O)Nc6ccc(C(F)(F)F)cc6Cl)CC5)CC4)cc3C2=O)C(=O)N1. The lowest BCUT2D eigenvalue weighted by atomic mass is 9.97. The molecule has 0 spiro atoms. The first-order valence-corrected chi connectivity index (χ1v) is 20.3. The summed E-state index contributed by atoms with van der Waals surface area (Å²) < 4.78 is 70.0. The zero-order chi connectivity index (χ0) is 40.8. The van der Waals surface area contributed by atoms with Crippen molar-refractivity contribution in [1.82, 2.24) is 19.4 Å². The molecule has 7 rings (SSSR count). The number of rotatable bonds is 9. The van der Waals surface area contributed by atoms with Crippen molar-refractivity contribution in [3.8, 4) is 0 Å². The maximum atomic E-state index is 13.5. The Labute approximate surface area is 335 Å². The number of carbonyl (C=O) groups excluding carboxylic acids is 5. The van der Waals surface area contributed by atoms with Gasteiger partial charge in [-0.05, 0) is 79.8 Å². The van der Waals surface area contributed by atoms with Crippen LogP contribution in [0.2, 0.25) is 10.0 Å². The van der Waals surface area contributed by atoms with Crippen molar-refractivity contribution < 1.29 is 45.6 Å². The summed E-state index contributed by atoms with van der Waals surface area (Å²) in [4.78, 5) is 69.0. The van der Waals surface area contributed by atoms with Crippen LogP contribution >= 0.6 is 23.2 Å². The second-order valence-electron chi connectivity index (χ2n) is 14.3. The highest BCUT2D eigenvalue weighted by atomic mass is 35.5. The molecule has 4 aliphatic heterocycles. The molecule has 3 aromatic carbocycles. The van der Waals surface area contributed by atoms with E-state index in [1.807, 2.05) is 0 Å². The number of imide groups is 2. The van der Waals surface area contributed by atoms with Crippen molar-refractivity contribution in [3.05, 3.63) is 86.9 Å². The summed E-state index contributed by atoms with van der Waals surface area (Å²) in [6.45, 7) is 3.94. The molecule has 0 radical (unpaired) electrons. The van der Waals surface area contributed by atoms with Gasteiger partial charge in [0.25, 0.3) is 17.7 Å². The summed E-state index contributed by atoms with van der Waals surface area (Å²) in [5.74, 6) is -2.84. The van der Waals surface area contributed by atoms with E-state index < -0.39 is 57.5 Å². The van der Waals surface area contributed by atoms with Crippen LogP contribution in [-0.4, -0.2) is 104 Å².